The average molecular weight is 351 g/mol. The molecule has 1 aromatic carbocycles. The minimum atomic E-state index is 0.524. The highest BCUT2D eigenvalue weighted by Crippen LogP contribution is 2.42. The van der Waals surface area contributed by atoms with E-state index in [-0.39, 0.29) is 0 Å². The lowest BCUT2D eigenvalue weighted by Gasteiger charge is -2.13. The van der Waals surface area contributed by atoms with Gasteiger partial charge in [0.2, 0.25) is 5.75 Å². The Kier molecular flexibility index (Phi) is 10.5. The molecule has 25 heavy (non-hydrogen) atoms. The minimum Gasteiger partial charge on any atom is -0.493 e. The highest BCUT2D eigenvalue weighted by Gasteiger charge is 2.18. The van der Waals surface area contributed by atoms with E-state index in [2.05, 4.69) is 10.9 Å². The Morgan fingerprint density at radius 3 is 1.96 bits per heavy atom. The van der Waals surface area contributed by atoms with E-state index in [1.165, 1.54) is 13.2 Å². The molecule has 0 aliphatic heterocycles. The first-order chi connectivity index (χ1) is 12.2. The van der Waals surface area contributed by atoms with Gasteiger partial charge in [-0.1, -0.05) is 19.0 Å². The van der Waals surface area contributed by atoms with Gasteiger partial charge in [0, 0.05) is 11.1 Å². The molecule has 0 aliphatic carbocycles. The molecular weight excluding hydrogens is 322 g/mol. The van der Waals surface area contributed by atoms with Gasteiger partial charge in [0.05, 0.1) is 27.5 Å². The number of allylic oxidation sites excluding steroid dienone is 1. The Morgan fingerprint density at radius 1 is 1.04 bits per heavy atom. The van der Waals surface area contributed by atoms with Crippen molar-refractivity contribution in [1.29, 1.82) is 0 Å². The zero-order valence-corrected chi connectivity index (χ0v) is 16.0. The summed E-state index contributed by atoms with van der Waals surface area (Å²) in [5, 5.41) is 3.84. The summed E-state index contributed by atoms with van der Waals surface area (Å²) >= 11 is 0. The van der Waals surface area contributed by atoms with Crippen molar-refractivity contribution in [1.82, 2.24) is 5.16 Å². The average Bonchev–Trinajstić information content (AvgIpc) is 3.19. The van der Waals surface area contributed by atoms with Gasteiger partial charge in [-0.3, -0.25) is 0 Å². The maximum absolute atomic E-state index is 5.57. The van der Waals surface area contributed by atoms with Crippen LogP contribution >= 0.6 is 0 Å². The second kappa shape index (κ2) is 11.8. The molecule has 0 atom stereocenters. The molecule has 7 heteroatoms. The Hall–Kier alpha value is -2.67. The summed E-state index contributed by atoms with van der Waals surface area (Å²) < 4.78 is 21.3. The third-order valence-corrected chi connectivity index (χ3v) is 3.17. The van der Waals surface area contributed by atoms with Crippen molar-refractivity contribution >= 4 is 5.57 Å². The SMILES string of the molecule is CC.CN.COc1cc(-c2oncc2/C(C)=C/N)cc(OC)c1OC. The summed E-state index contributed by atoms with van der Waals surface area (Å²) in [6.45, 7) is 5.88. The van der Waals surface area contributed by atoms with Crippen LogP contribution in [-0.2, 0) is 0 Å². The molecule has 0 bridgehead atoms. The number of methoxy groups -OCH3 is 3. The predicted octanol–water partition coefficient (Wildman–Crippen LogP) is 3.29. The molecule has 2 rings (SSSR count). The van der Waals surface area contributed by atoms with Crippen LogP contribution < -0.4 is 25.7 Å². The molecule has 0 unspecified atom stereocenters. The van der Waals surface area contributed by atoms with Gasteiger partial charge in [0.1, 0.15) is 0 Å². The van der Waals surface area contributed by atoms with Crippen LogP contribution in [0.5, 0.6) is 17.2 Å². The van der Waals surface area contributed by atoms with Crippen LogP contribution in [0, 0.1) is 0 Å². The number of rotatable bonds is 5. The molecule has 0 aliphatic rings. The molecule has 1 aromatic heterocycles. The molecule has 0 spiro atoms. The van der Waals surface area contributed by atoms with Crippen molar-refractivity contribution in [2.24, 2.45) is 11.5 Å². The highest BCUT2D eigenvalue weighted by molar-refractivity contribution is 5.78. The van der Waals surface area contributed by atoms with Gasteiger partial charge < -0.3 is 30.2 Å². The van der Waals surface area contributed by atoms with Gasteiger partial charge in [-0.25, -0.2) is 0 Å². The van der Waals surface area contributed by atoms with Gasteiger partial charge in [0.25, 0.3) is 0 Å². The molecule has 0 amide bonds. The van der Waals surface area contributed by atoms with Crippen LogP contribution in [0.2, 0.25) is 0 Å². The molecule has 7 nitrogen and oxygen atoms in total. The lowest BCUT2D eigenvalue weighted by atomic mass is 10.0. The van der Waals surface area contributed by atoms with E-state index in [9.17, 15) is 0 Å². The zero-order chi connectivity index (χ0) is 19.4. The first-order valence-electron chi connectivity index (χ1n) is 7.87. The van der Waals surface area contributed by atoms with Crippen LogP contribution in [0.1, 0.15) is 26.3 Å². The van der Waals surface area contributed by atoms with Crippen molar-refractivity contribution in [2.75, 3.05) is 28.4 Å². The molecule has 2 aromatic rings. The Balaban J connectivity index is 0.00000134. The highest BCUT2D eigenvalue weighted by atomic mass is 16.5. The maximum atomic E-state index is 5.57. The minimum absolute atomic E-state index is 0.524. The van der Waals surface area contributed by atoms with Crippen LogP contribution in [0.25, 0.3) is 16.9 Å². The summed E-state index contributed by atoms with van der Waals surface area (Å²) in [6.07, 6.45) is 3.13. The largest absolute Gasteiger partial charge is 0.493 e. The number of benzene rings is 1. The second-order valence-electron chi connectivity index (χ2n) is 4.33. The van der Waals surface area contributed by atoms with E-state index in [1.807, 2.05) is 20.8 Å². The molecule has 0 radical (unpaired) electrons. The number of nitrogens with zero attached hydrogens (tertiary/aromatic N) is 1. The number of aromatic nitrogens is 1. The third-order valence-electron chi connectivity index (χ3n) is 3.17. The Bertz CT molecular complexity index is 641. The topological polar surface area (TPSA) is 106 Å². The van der Waals surface area contributed by atoms with Crippen LogP contribution in [0.15, 0.2) is 29.1 Å². The molecule has 1 heterocycles. The van der Waals surface area contributed by atoms with Gasteiger partial charge in [-0.15, -0.1) is 0 Å². The fourth-order valence-electron chi connectivity index (χ4n) is 2.03. The number of hydrogen-bond donors (Lipinski definition) is 2. The van der Waals surface area contributed by atoms with Crippen molar-refractivity contribution in [3.8, 4) is 28.6 Å². The van der Waals surface area contributed by atoms with Crippen molar-refractivity contribution < 1.29 is 18.7 Å². The molecule has 4 N–H and O–H groups in total. The fourth-order valence-corrected chi connectivity index (χ4v) is 2.03. The quantitative estimate of drug-likeness (QED) is 0.851. The summed E-state index contributed by atoms with van der Waals surface area (Å²) in [5.41, 5.74) is 12.5. The van der Waals surface area contributed by atoms with E-state index >= 15 is 0 Å². The zero-order valence-electron chi connectivity index (χ0n) is 16.0. The number of ether oxygens (including phenoxy) is 3. The van der Waals surface area contributed by atoms with Crippen molar-refractivity contribution in [3.63, 3.8) is 0 Å². The van der Waals surface area contributed by atoms with Crippen LogP contribution in [0.4, 0.5) is 0 Å². The van der Waals surface area contributed by atoms with E-state index in [0.717, 1.165) is 16.7 Å². The molecule has 0 saturated carbocycles. The molecule has 0 saturated heterocycles. The van der Waals surface area contributed by atoms with Gasteiger partial charge in [-0.05, 0) is 37.9 Å². The normalized spacial score (nSPS) is 10.0. The van der Waals surface area contributed by atoms with Crippen molar-refractivity contribution in [2.45, 2.75) is 20.8 Å². The van der Waals surface area contributed by atoms with E-state index < -0.39 is 0 Å². The smallest absolute Gasteiger partial charge is 0.203 e. The van der Waals surface area contributed by atoms with E-state index in [4.69, 9.17) is 24.5 Å². The lowest BCUT2D eigenvalue weighted by Crippen LogP contribution is -1.96. The van der Waals surface area contributed by atoms with E-state index in [0.29, 0.717) is 23.0 Å². The first-order valence-corrected chi connectivity index (χ1v) is 7.87. The monoisotopic (exact) mass is 351 g/mol. The molecule has 0 fully saturated rings. The fraction of sp³-hybridized carbons (Fsp3) is 0.389. The third kappa shape index (κ3) is 5.15. The molecular formula is C18H29N3O4. The molecule has 140 valence electrons. The number of hydrogen-bond acceptors (Lipinski definition) is 7. The Labute approximate surface area is 149 Å². The van der Waals surface area contributed by atoms with Crippen LogP contribution in [-0.4, -0.2) is 33.5 Å². The lowest BCUT2D eigenvalue weighted by molar-refractivity contribution is 0.324. The number of nitrogens with two attached hydrogens (primary N) is 2. The summed E-state index contributed by atoms with van der Waals surface area (Å²) in [5.74, 6) is 2.21. The standard InChI is InChI=1S/C15H18N2O4.C2H6.CH5N/c1-9(7-16)11-8-17-21-14(11)10-5-12(18-2)15(20-4)13(6-10)19-3;2*1-2/h5-8H,16H2,1-4H3;1-2H3;2H2,1H3/b9-7+;;. The van der Waals surface area contributed by atoms with Crippen LogP contribution in [0.3, 0.4) is 0 Å². The maximum Gasteiger partial charge on any atom is 0.203 e. The summed E-state index contributed by atoms with van der Waals surface area (Å²) in [6, 6.07) is 3.60. The predicted molar refractivity (Wildman–Crippen MR) is 101 cm³/mol. The summed E-state index contributed by atoms with van der Waals surface area (Å²) in [7, 11) is 6.18. The second-order valence-corrected chi connectivity index (χ2v) is 4.33. The van der Waals surface area contributed by atoms with Crippen molar-refractivity contribution in [3.05, 3.63) is 30.1 Å². The van der Waals surface area contributed by atoms with E-state index in [1.54, 1.807) is 39.7 Å². The summed E-state index contributed by atoms with van der Waals surface area (Å²) in [4.78, 5) is 0. The first kappa shape index (κ1) is 22.3. The van der Waals surface area contributed by atoms with Gasteiger partial charge in [0.15, 0.2) is 17.3 Å². The van der Waals surface area contributed by atoms with Gasteiger partial charge in [-0.2, -0.15) is 0 Å². The van der Waals surface area contributed by atoms with Gasteiger partial charge >= 0.3 is 0 Å². The Morgan fingerprint density at radius 2 is 1.56 bits per heavy atom.